The van der Waals surface area contributed by atoms with Gasteiger partial charge in [0, 0.05) is 22.2 Å². The number of benzene rings is 2. The van der Waals surface area contributed by atoms with Crippen LogP contribution in [-0.2, 0) is 0 Å². The fourth-order valence-corrected chi connectivity index (χ4v) is 1.66. The van der Waals surface area contributed by atoms with Crippen molar-refractivity contribution in [2.24, 2.45) is 0 Å². The van der Waals surface area contributed by atoms with Crippen LogP contribution in [0.15, 0.2) is 48.5 Å². The molecule has 0 aliphatic carbocycles. The molecule has 16 heavy (non-hydrogen) atoms. The molecule has 2 aromatic rings. The fourth-order valence-electron chi connectivity index (χ4n) is 1.55. The van der Waals surface area contributed by atoms with Gasteiger partial charge in [0.1, 0.15) is 0 Å². The van der Waals surface area contributed by atoms with Crippen LogP contribution >= 0.6 is 11.6 Å². The Morgan fingerprint density at radius 1 is 0.938 bits per heavy atom. The second kappa shape index (κ2) is 4.74. The molecule has 0 atom stereocenters. The van der Waals surface area contributed by atoms with Crippen molar-refractivity contribution >= 4 is 17.3 Å². The monoisotopic (exact) mass is 227 g/mol. The van der Waals surface area contributed by atoms with Gasteiger partial charge >= 0.3 is 0 Å². The van der Waals surface area contributed by atoms with Crippen LogP contribution in [0.4, 0.5) is 5.69 Å². The molecule has 1 nitrogen and oxygen atoms in total. The number of anilines is 1. The lowest BCUT2D eigenvalue weighted by Gasteiger charge is -2.05. The first-order chi connectivity index (χ1) is 7.81. The van der Waals surface area contributed by atoms with E-state index in [4.69, 9.17) is 17.3 Å². The number of hydrogen-bond acceptors (Lipinski definition) is 1. The predicted octanol–water partition coefficient (Wildman–Crippen LogP) is 3.48. The molecular formula is C14H10ClN. The first kappa shape index (κ1) is 10.6. The lowest BCUT2D eigenvalue weighted by molar-refractivity contribution is 1.59. The Morgan fingerprint density at radius 3 is 2.25 bits per heavy atom. The minimum absolute atomic E-state index is 0.777. The molecule has 0 radical (unpaired) electrons. The Balaban J connectivity index is 2.41. The normalized spacial score (nSPS) is 9.31. The van der Waals surface area contributed by atoms with E-state index in [1.54, 1.807) is 0 Å². The number of hydrogen-bond donors (Lipinski definition) is 1. The van der Waals surface area contributed by atoms with E-state index >= 15 is 0 Å². The molecule has 0 amide bonds. The van der Waals surface area contributed by atoms with Gasteiger partial charge in [-0.25, -0.2) is 0 Å². The molecule has 0 saturated carbocycles. The van der Waals surface area contributed by atoms with Crippen LogP contribution in [0.1, 0.15) is 5.56 Å². The molecule has 2 rings (SSSR count). The zero-order chi connectivity index (χ0) is 11.4. The van der Waals surface area contributed by atoms with Gasteiger partial charge in [0.25, 0.3) is 0 Å². The van der Waals surface area contributed by atoms with Crippen molar-refractivity contribution < 1.29 is 0 Å². The highest BCUT2D eigenvalue weighted by Gasteiger charge is 2.00. The van der Waals surface area contributed by atoms with Crippen molar-refractivity contribution in [2.45, 2.75) is 0 Å². The number of rotatable bonds is 1. The molecule has 2 N–H and O–H groups in total. The Morgan fingerprint density at radius 2 is 1.62 bits per heavy atom. The lowest BCUT2D eigenvalue weighted by Crippen LogP contribution is -1.88. The van der Waals surface area contributed by atoms with Gasteiger partial charge in [-0.05, 0) is 41.3 Å². The van der Waals surface area contributed by atoms with Crippen LogP contribution in [0, 0.1) is 11.3 Å². The SMILES string of the molecule is Nc1ccccc1-c1ccc(C#CCl)cc1. The second-order valence-corrected chi connectivity index (χ2v) is 3.57. The van der Waals surface area contributed by atoms with Crippen molar-refractivity contribution in [3.8, 4) is 22.4 Å². The van der Waals surface area contributed by atoms with E-state index in [1.165, 1.54) is 0 Å². The zero-order valence-corrected chi connectivity index (χ0v) is 9.33. The van der Waals surface area contributed by atoms with Crippen molar-refractivity contribution in [3.63, 3.8) is 0 Å². The average molecular weight is 228 g/mol. The van der Waals surface area contributed by atoms with Crippen molar-refractivity contribution in [1.29, 1.82) is 0 Å². The summed E-state index contributed by atoms with van der Waals surface area (Å²) in [6.45, 7) is 0. The maximum absolute atomic E-state index is 5.90. The summed E-state index contributed by atoms with van der Waals surface area (Å²) >= 11 is 5.34. The third-order valence-electron chi connectivity index (χ3n) is 2.35. The standard InChI is InChI=1S/C14H10ClN/c15-10-9-11-5-7-12(8-6-11)13-3-1-2-4-14(13)16/h1-8H,16H2. The Kier molecular flexibility index (Phi) is 3.14. The maximum Gasteiger partial charge on any atom is 0.0393 e. The summed E-state index contributed by atoms with van der Waals surface area (Å²) in [5.74, 6) is 2.78. The molecule has 0 unspecified atom stereocenters. The fraction of sp³-hybridized carbons (Fsp3) is 0. The summed E-state index contributed by atoms with van der Waals surface area (Å²) in [5, 5.41) is 2.35. The van der Waals surface area contributed by atoms with Crippen LogP contribution in [0.25, 0.3) is 11.1 Å². The van der Waals surface area contributed by atoms with Gasteiger partial charge in [0.05, 0.1) is 0 Å². The van der Waals surface area contributed by atoms with Crippen LogP contribution in [-0.4, -0.2) is 0 Å². The molecule has 0 fully saturated rings. The van der Waals surface area contributed by atoms with E-state index in [9.17, 15) is 0 Å². The van der Waals surface area contributed by atoms with Crippen LogP contribution < -0.4 is 5.73 Å². The van der Waals surface area contributed by atoms with Gasteiger partial charge in [-0.3, -0.25) is 0 Å². The smallest absolute Gasteiger partial charge is 0.0393 e. The third kappa shape index (κ3) is 2.18. The van der Waals surface area contributed by atoms with Crippen LogP contribution in [0.3, 0.4) is 0 Å². The van der Waals surface area contributed by atoms with E-state index in [1.807, 2.05) is 48.5 Å². The quantitative estimate of drug-likeness (QED) is 0.586. The summed E-state index contributed by atoms with van der Waals surface area (Å²) < 4.78 is 0. The van der Waals surface area contributed by atoms with E-state index in [0.29, 0.717) is 0 Å². The highest BCUT2D eigenvalue weighted by atomic mass is 35.5. The van der Waals surface area contributed by atoms with Crippen molar-refractivity contribution in [1.82, 2.24) is 0 Å². The second-order valence-electron chi connectivity index (χ2n) is 3.38. The van der Waals surface area contributed by atoms with Gasteiger partial charge < -0.3 is 5.73 Å². The summed E-state index contributed by atoms with van der Waals surface area (Å²) in [4.78, 5) is 0. The molecule has 0 bridgehead atoms. The van der Waals surface area contributed by atoms with Gasteiger partial charge in [0.15, 0.2) is 0 Å². The van der Waals surface area contributed by atoms with Gasteiger partial charge in [0.2, 0.25) is 0 Å². The first-order valence-electron chi connectivity index (χ1n) is 4.88. The maximum atomic E-state index is 5.90. The van der Waals surface area contributed by atoms with E-state index < -0.39 is 0 Å². The highest BCUT2D eigenvalue weighted by Crippen LogP contribution is 2.25. The molecule has 0 spiro atoms. The minimum atomic E-state index is 0.777. The molecule has 0 heterocycles. The minimum Gasteiger partial charge on any atom is -0.398 e. The Hall–Kier alpha value is -1.91. The summed E-state index contributed by atoms with van der Waals surface area (Å²) in [5.41, 5.74) is 9.69. The number of halogens is 1. The molecule has 0 aliphatic heterocycles. The first-order valence-corrected chi connectivity index (χ1v) is 5.25. The number of nitrogens with two attached hydrogens (primary N) is 1. The third-order valence-corrected chi connectivity index (χ3v) is 2.44. The van der Waals surface area contributed by atoms with Crippen LogP contribution in [0.5, 0.6) is 0 Å². The molecular weight excluding hydrogens is 218 g/mol. The van der Waals surface area contributed by atoms with E-state index in [2.05, 4.69) is 11.3 Å². The topological polar surface area (TPSA) is 26.0 Å². The molecule has 2 heteroatoms. The van der Waals surface area contributed by atoms with E-state index in [-0.39, 0.29) is 0 Å². The van der Waals surface area contributed by atoms with E-state index in [0.717, 1.165) is 22.4 Å². The lowest BCUT2D eigenvalue weighted by atomic mass is 10.0. The molecule has 2 aromatic carbocycles. The number of nitrogen functional groups attached to an aromatic ring is 1. The molecule has 0 aliphatic rings. The van der Waals surface area contributed by atoms with Crippen molar-refractivity contribution in [2.75, 3.05) is 5.73 Å². The average Bonchev–Trinajstić information content (AvgIpc) is 2.31. The Bertz CT molecular complexity index is 547. The van der Waals surface area contributed by atoms with Gasteiger partial charge in [-0.2, -0.15) is 0 Å². The molecule has 0 saturated heterocycles. The molecule has 78 valence electrons. The summed E-state index contributed by atoms with van der Waals surface area (Å²) in [6.07, 6.45) is 0. The summed E-state index contributed by atoms with van der Waals surface area (Å²) in [6, 6.07) is 15.6. The largest absolute Gasteiger partial charge is 0.398 e. The van der Waals surface area contributed by atoms with Crippen LogP contribution in [0.2, 0.25) is 0 Å². The molecule has 0 aromatic heterocycles. The Labute approximate surface area is 99.9 Å². The van der Waals surface area contributed by atoms with Gasteiger partial charge in [-0.15, -0.1) is 0 Å². The highest BCUT2D eigenvalue weighted by molar-refractivity contribution is 6.30. The van der Waals surface area contributed by atoms with Gasteiger partial charge in [-0.1, -0.05) is 30.3 Å². The summed E-state index contributed by atoms with van der Waals surface area (Å²) in [7, 11) is 0. The van der Waals surface area contributed by atoms with Crippen molar-refractivity contribution in [3.05, 3.63) is 54.1 Å². The number of para-hydroxylation sites is 1. The zero-order valence-electron chi connectivity index (χ0n) is 8.57. The predicted molar refractivity (Wildman–Crippen MR) is 69.0 cm³/mol.